The number of hydrogen-bond donors (Lipinski definition) is 3. The molecule has 0 bridgehead atoms. The number of rotatable bonds is 4. The van der Waals surface area contributed by atoms with E-state index in [1.54, 1.807) is 18.7 Å². The normalized spacial score (nSPS) is 10.6. The van der Waals surface area contributed by atoms with Crippen molar-refractivity contribution in [3.8, 4) is 0 Å². The smallest absolute Gasteiger partial charge is 0.301 e. The standard InChI is InChI=1S/C13H14BrN3O2S/c1-7-4-9(19-12(7)13(18)17-16)6-20-11-3-2-8(14)5-10(11)15/h2-5H,6,15-16H2,1H3,(H,17,18). The predicted molar refractivity (Wildman–Crippen MR) is 83.2 cm³/mol. The number of amides is 1. The highest BCUT2D eigenvalue weighted by molar-refractivity contribution is 9.10. The van der Waals surface area contributed by atoms with E-state index in [0.717, 1.165) is 14.9 Å². The lowest BCUT2D eigenvalue weighted by Gasteiger charge is -2.04. The molecule has 2 aromatic rings. The van der Waals surface area contributed by atoms with Crippen molar-refractivity contribution in [1.82, 2.24) is 5.43 Å². The first-order valence-electron chi connectivity index (χ1n) is 5.79. The number of thioether (sulfide) groups is 1. The highest BCUT2D eigenvalue weighted by atomic mass is 79.9. The summed E-state index contributed by atoms with van der Waals surface area (Å²) < 4.78 is 6.43. The molecule has 1 aromatic heterocycles. The Morgan fingerprint density at radius 2 is 2.20 bits per heavy atom. The number of furan rings is 1. The third-order valence-electron chi connectivity index (χ3n) is 2.65. The molecular weight excluding hydrogens is 342 g/mol. The maximum absolute atomic E-state index is 11.5. The fourth-order valence-corrected chi connectivity index (χ4v) is 2.92. The Bertz CT molecular complexity index is 643. The summed E-state index contributed by atoms with van der Waals surface area (Å²) in [6.07, 6.45) is 0. The number of hydrazine groups is 1. The first kappa shape index (κ1) is 15.0. The molecule has 0 atom stereocenters. The summed E-state index contributed by atoms with van der Waals surface area (Å²) in [5, 5.41) is 0. The van der Waals surface area contributed by atoms with E-state index in [0.29, 0.717) is 17.2 Å². The minimum Gasteiger partial charge on any atom is -0.455 e. The second-order valence-electron chi connectivity index (χ2n) is 4.17. The zero-order valence-corrected chi connectivity index (χ0v) is 13.2. The van der Waals surface area contributed by atoms with Crippen LogP contribution >= 0.6 is 27.7 Å². The second kappa shape index (κ2) is 6.34. The first-order chi connectivity index (χ1) is 9.51. The van der Waals surface area contributed by atoms with Gasteiger partial charge >= 0.3 is 5.91 Å². The molecule has 2 rings (SSSR count). The minimum absolute atomic E-state index is 0.242. The molecule has 1 heterocycles. The number of carbonyl (C=O) groups excluding carboxylic acids is 1. The quantitative estimate of drug-likeness (QED) is 0.257. The molecule has 1 aromatic carbocycles. The van der Waals surface area contributed by atoms with Crippen LogP contribution in [0.3, 0.4) is 0 Å². The molecular formula is C13H14BrN3O2S. The molecule has 5 N–H and O–H groups in total. The molecule has 20 heavy (non-hydrogen) atoms. The molecule has 0 saturated carbocycles. The summed E-state index contributed by atoms with van der Waals surface area (Å²) in [4.78, 5) is 12.4. The molecule has 0 spiro atoms. The molecule has 106 valence electrons. The summed E-state index contributed by atoms with van der Waals surface area (Å²) >= 11 is 4.91. The number of aryl methyl sites for hydroxylation is 1. The lowest BCUT2D eigenvalue weighted by Crippen LogP contribution is -2.30. The summed E-state index contributed by atoms with van der Waals surface area (Å²) in [6, 6.07) is 7.54. The van der Waals surface area contributed by atoms with Crippen molar-refractivity contribution < 1.29 is 9.21 Å². The van der Waals surface area contributed by atoms with E-state index < -0.39 is 5.91 Å². The molecule has 5 nitrogen and oxygen atoms in total. The van der Waals surface area contributed by atoms with Gasteiger partial charge in [-0.2, -0.15) is 0 Å². The monoisotopic (exact) mass is 355 g/mol. The van der Waals surface area contributed by atoms with Crippen molar-refractivity contribution in [2.75, 3.05) is 5.73 Å². The highest BCUT2D eigenvalue weighted by Gasteiger charge is 2.14. The van der Waals surface area contributed by atoms with E-state index in [4.69, 9.17) is 16.0 Å². The molecule has 0 aliphatic heterocycles. The third kappa shape index (κ3) is 3.36. The Kier molecular flexibility index (Phi) is 4.74. The maximum Gasteiger partial charge on any atom is 0.301 e. The molecule has 0 aliphatic rings. The Hall–Kier alpha value is -1.44. The fourth-order valence-electron chi connectivity index (χ4n) is 1.71. The number of halogens is 1. The van der Waals surface area contributed by atoms with E-state index >= 15 is 0 Å². The first-order valence-corrected chi connectivity index (χ1v) is 7.57. The molecule has 0 unspecified atom stereocenters. The summed E-state index contributed by atoms with van der Waals surface area (Å²) in [5.41, 5.74) is 9.45. The van der Waals surface area contributed by atoms with Crippen LogP contribution in [0.1, 0.15) is 21.9 Å². The average molecular weight is 356 g/mol. The molecule has 0 saturated heterocycles. The van der Waals surface area contributed by atoms with Crippen molar-refractivity contribution in [3.63, 3.8) is 0 Å². The molecule has 0 radical (unpaired) electrons. The van der Waals surface area contributed by atoms with Gasteiger partial charge in [-0.1, -0.05) is 15.9 Å². The van der Waals surface area contributed by atoms with Gasteiger partial charge in [0.1, 0.15) is 5.76 Å². The summed E-state index contributed by atoms with van der Waals surface area (Å²) in [6.45, 7) is 1.80. The molecule has 0 fully saturated rings. The van der Waals surface area contributed by atoms with Gasteiger partial charge in [-0.25, -0.2) is 5.84 Å². The van der Waals surface area contributed by atoms with Crippen LogP contribution in [-0.2, 0) is 5.75 Å². The van der Waals surface area contributed by atoms with E-state index in [2.05, 4.69) is 21.4 Å². The SMILES string of the molecule is Cc1cc(CSc2ccc(Br)cc2N)oc1C(=O)NN. The predicted octanol–water partition coefficient (Wildman–Crippen LogP) is 2.83. The summed E-state index contributed by atoms with van der Waals surface area (Å²) in [5.74, 6) is 6.20. The van der Waals surface area contributed by atoms with Gasteiger partial charge in [0, 0.05) is 20.6 Å². The molecule has 0 aliphatic carbocycles. The Balaban J connectivity index is 2.09. The largest absolute Gasteiger partial charge is 0.455 e. The average Bonchev–Trinajstić information content (AvgIpc) is 2.78. The van der Waals surface area contributed by atoms with Crippen LogP contribution in [0, 0.1) is 6.92 Å². The van der Waals surface area contributed by atoms with E-state index in [1.807, 2.05) is 24.3 Å². The van der Waals surface area contributed by atoms with Crippen molar-refractivity contribution in [3.05, 3.63) is 45.8 Å². The maximum atomic E-state index is 11.5. The lowest BCUT2D eigenvalue weighted by molar-refractivity contribution is 0.0923. The van der Waals surface area contributed by atoms with Crippen molar-refractivity contribution in [2.45, 2.75) is 17.6 Å². The van der Waals surface area contributed by atoms with E-state index in [-0.39, 0.29) is 5.76 Å². The number of hydrogen-bond acceptors (Lipinski definition) is 5. The van der Waals surface area contributed by atoms with Gasteiger partial charge in [0.05, 0.1) is 5.75 Å². The van der Waals surface area contributed by atoms with Gasteiger partial charge < -0.3 is 10.2 Å². The Morgan fingerprint density at radius 3 is 2.85 bits per heavy atom. The van der Waals surface area contributed by atoms with Gasteiger partial charge in [-0.15, -0.1) is 11.8 Å². The van der Waals surface area contributed by atoms with Crippen LogP contribution in [0.25, 0.3) is 0 Å². The van der Waals surface area contributed by atoms with E-state index in [1.165, 1.54) is 0 Å². The number of carbonyl (C=O) groups is 1. The van der Waals surface area contributed by atoms with E-state index in [9.17, 15) is 4.79 Å². The van der Waals surface area contributed by atoms with Crippen LogP contribution in [0.5, 0.6) is 0 Å². The zero-order chi connectivity index (χ0) is 14.7. The van der Waals surface area contributed by atoms with Crippen LogP contribution in [-0.4, -0.2) is 5.91 Å². The van der Waals surface area contributed by atoms with Gasteiger partial charge in [0.25, 0.3) is 0 Å². The highest BCUT2D eigenvalue weighted by Crippen LogP contribution is 2.31. The number of nitrogen functional groups attached to an aromatic ring is 2. The molecule has 1 amide bonds. The fraction of sp³-hybridized carbons (Fsp3) is 0.154. The number of nitrogens with one attached hydrogen (secondary N) is 1. The molecule has 7 heteroatoms. The van der Waals surface area contributed by atoms with Gasteiger partial charge in [-0.3, -0.25) is 10.2 Å². The topological polar surface area (TPSA) is 94.3 Å². The van der Waals surface area contributed by atoms with Crippen LogP contribution in [0.4, 0.5) is 5.69 Å². The van der Waals surface area contributed by atoms with Crippen LogP contribution in [0.2, 0.25) is 0 Å². The Labute approximate surface area is 129 Å². The van der Waals surface area contributed by atoms with Crippen molar-refractivity contribution in [2.24, 2.45) is 5.84 Å². The number of benzene rings is 1. The van der Waals surface area contributed by atoms with Gasteiger partial charge in [0.2, 0.25) is 0 Å². The van der Waals surface area contributed by atoms with Gasteiger partial charge in [0.15, 0.2) is 5.76 Å². The Morgan fingerprint density at radius 1 is 1.45 bits per heavy atom. The summed E-state index contributed by atoms with van der Waals surface area (Å²) in [7, 11) is 0. The zero-order valence-electron chi connectivity index (χ0n) is 10.8. The van der Waals surface area contributed by atoms with Crippen molar-refractivity contribution in [1.29, 1.82) is 0 Å². The van der Waals surface area contributed by atoms with Crippen LogP contribution < -0.4 is 17.0 Å². The minimum atomic E-state index is -0.429. The number of anilines is 1. The lowest BCUT2D eigenvalue weighted by atomic mass is 10.2. The van der Waals surface area contributed by atoms with Crippen molar-refractivity contribution >= 4 is 39.3 Å². The second-order valence-corrected chi connectivity index (χ2v) is 6.10. The van der Waals surface area contributed by atoms with Crippen LogP contribution in [0.15, 0.2) is 38.1 Å². The van der Waals surface area contributed by atoms with Gasteiger partial charge in [-0.05, 0) is 31.2 Å². The number of nitrogens with two attached hydrogens (primary N) is 2. The third-order valence-corrected chi connectivity index (χ3v) is 4.25.